The van der Waals surface area contributed by atoms with Gasteiger partial charge in [-0.15, -0.1) is 0 Å². The molecule has 0 aromatic carbocycles. The second kappa shape index (κ2) is 6.19. The molecule has 5 nitrogen and oxygen atoms in total. The first kappa shape index (κ1) is 12.6. The topological polar surface area (TPSA) is 73.7 Å². The molecule has 0 aliphatic carbocycles. The third kappa shape index (κ3) is 3.01. The van der Waals surface area contributed by atoms with E-state index < -0.39 is 0 Å². The zero-order valence-electron chi connectivity index (χ0n) is 9.26. The number of aliphatic hydroxyl groups is 2. The average Bonchev–Trinajstić information content (AvgIpc) is 2.28. The maximum absolute atomic E-state index is 12.0. The zero-order valence-corrected chi connectivity index (χ0v) is 9.26. The molecule has 0 aliphatic rings. The number of carbonyl (C=O) groups excluding carboxylic acids is 1. The van der Waals surface area contributed by atoms with E-state index in [9.17, 15) is 4.79 Å². The molecule has 88 valence electrons. The second-order valence-electron chi connectivity index (χ2n) is 3.41. The summed E-state index contributed by atoms with van der Waals surface area (Å²) in [6.45, 7) is 1.95. The normalized spacial score (nSPS) is 10.2. The fourth-order valence-electron chi connectivity index (χ4n) is 1.42. The number of pyridine rings is 1. The van der Waals surface area contributed by atoms with E-state index >= 15 is 0 Å². The van der Waals surface area contributed by atoms with Gasteiger partial charge in [0.15, 0.2) is 0 Å². The molecule has 1 rings (SSSR count). The number of amides is 1. The van der Waals surface area contributed by atoms with Gasteiger partial charge in [0, 0.05) is 19.3 Å². The van der Waals surface area contributed by atoms with Gasteiger partial charge in [-0.05, 0) is 18.6 Å². The van der Waals surface area contributed by atoms with Gasteiger partial charge in [0.1, 0.15) is 5.69 Å². The molecule has 0 aliphatic heterocycles. The first-order valence-electron chi connectivity index (χ1n) is 5.13. The standard InChI is InChI=1S/C11H16N2O3/c1-9-3-2-4-12-10(9)11(16)13(5-7-14)6-8-15/h2-4,14-15H,5-8H2,1H3. The zero-order chi connectivity index (χ0) is 12.0. The molecule has 0 spiro atoms. The molecule has 2 N–H and O–H groups in total. The van der Waals surface area contributed by atoms with Gasteiger partial charge in [0.05, 0.1) is 13.2 Å². The van der Waals surface area contributed by atoms with Gasteiger partial charge in [-0.3, -0.25) is 9.78 Å². The monoisotopic (exact) mass is 224 g/mol. The smallest absolute Gasteiger partial charge is 0.272 e. The molecular weight excluding hydrogens is 208 g/mol. The SMILES string of the molecule is Cc1cccnc1C(=O)N(CCO)CCO. The summed E-state index contributed by atoms with van der Waals surface area (Å²) in [7, 11) is 0. The number of hydrogen-bond donors (Lipinski definition) is 2. The van der Waals surface area contributed by atoms with E-state index in [-0.39, 0.29) is 32.2 Å². The van der Waals surface area contributed by atoms with Crippen LogP contribution in [0.3, 0.4) is 0 Å². The van der Waals surface area contributed by atoms with Gasteiger partial charge in [-0.25, -0.2) is 0 Å². The second-order valence-corrected chi connectivity index (χ2v) is 3.41. The van der Waals surface area contributed by atoms with Crippen LogP contribution in [0.25, 0.3) is 0 Å². The molecule has 5 heteroatoms. The highest BCUT2D eigenvalue weighted by Gasteiger charge is 2.17. The van der Waals surface area contributed by atoms with Crippen LogP contribution >= 0.6 is 0 Å². The van der Waals surface area contributed by atoms with Crippen LogP contribution in [0, 0.1) is 6.92 Å². The number of aromatic nitrogens is 1. The van der Waals surface area contributed by atoms with Crippen molar-refractivity contribution in [2.45, 2.75) is 6.92 Å². The Morgan fingerprint density at radius 1 is 1.38 bits per heavy atom. The van der Waals surface area contributed by atoms with Crippen LogP contribution in [0.2, 0.25) is 0 Å². The Balaban J connectivity index is 2.85. The Hall–Kier alpha value is -1.46. The van der Waals surface area contributed by atoms with E-state index in [0.717, 1.165) is 5.56 Å². The minimum Gasteiger partial charge on any atom is -0.395 e. The quantitative estimate of drug-likeness (QED) is 0.727. The van der Waals surface area contributed by atoms with E-state index in [1.165, 1.54) is 4.90 Å². The van der Waals surface area contributed by atoms with Gasteiger partial charge >= 0.3 is 0 Å². The van der Waals surface area contributed by atoms with Crippen molar-refractivity contribution in [2.75, 3.05) is 26.3 Å². The first-order valence-corrected chi connectivity index (χ1v) is 5.13. The van der Waals surface area contributed by atoms with Gasteiger partial charge in [0.25, 0.3) is 5.91 Å². The van der Waals surface area contributed by atoms with E-state index in [1.54, 1.807) is 25.3 Å². The van der Waals surface area contributed by atoms with Crippen LogP contribution < -0.4 is 0 Å². The predicted molar refractivity (Wildman–Crippen MR) is 59.0 cm³/mol. The molecule has 0 atom stereocenters. The maximum Gasteiger partial charge on any atom is 0.272 e. The third-order valence-electron chi connectivity index (χ3n) is 2.24. The first-order chi connectivity index (χ1) is 7.70. The lowest BCUT2D eigenvalue weighted by atomic mass is 10.2. The molecule has 0 saturated carbocycles. The minimum absolute atomic E-state index is 0.127. The predicted octanol–water partition coefficient (Wildman–Crippen LogP) is -0.183. The molecule has 16 heavy (non-hydrogen) atoms. The summed E-state index contributed by atoms with van der Waals surface area (Å²) in [5.74, 6) is -0.263. The fourth-order valence-corrected chi connectivity index (χ4v) is 1.42. The molecule has 0 saturated heterocycles. The summed E-state index contributed by atoms with van der Waals surface area (Å²) >= 11 is 0. The Morgan fingerprint density at radius 3 is 2.50 bits per heavy atom. The summed E-state index contributed by atoms with van der Waals surface area (Å²) < 4.78 is 0. The van der Waals surface area contributed by atoms with Crippen LogP contribution in [0.15, 0.2) is 18.3 Å². The van der Waals surface area contributed by atoms with Crippen molar-refractivity contribution in [3.8, 4) is 0 Å². The summed E-state index contributed by atoms with van der Waals surface area (Å²) in [5, 5.41) is 17.7. The Morgan fingerprint density at radius 2 is 2.00 bits per heavy atom. The molecule has 0 bridgehead atoms. The molecular formula is C11H16N2O3. The van der Waals surface area contributed by atoms with Crippen molar-refractivity contribution in [3.05, 3.63) is 29.6 Å². The highest BCUT2D eigenvalue weighted by atomic mass is 16.3. The van der Waals surface area contributed by atoms with Crippen molar-refractivity contribution in [2.24, 2.45) is 0 Å². The summed E-state index contributed by atoms with van der Waals surface area (Å²) in [6.07, 6.45) is 1.55. The van der Waals surface area contributed by atoms with Crippen LogP contribution in [0.1, 0.15) is 16.1 Å². The van der Waals surface area contributed by atoms with E-state index in [2.05, 4.69) is 4.98 Å². The molecule has 1 aromatic heterocycles. The van der Waals surface area contributed by atoms with E-state index in [1.807, 2.05) is 0 Å². The number of nitrogens with zero attached hydrogens (tertiary/aromatic N) is 2. The van der Waals surface area contributed by atoms with Gasteiger partial charge in [-0.1, -0.05) is 6.07 Å². The highest BCUT2D eigenvalue weighted by Crippen LogP contribution is 2.07. The average molecular weight is 224 g/mol. The summed E-state index contributed by atoms with van der Waals surface area (Å²) in [5.41, 5.74) is 1.15. The van der Waals surface area contributed by atoms with E-state index in [0.29, 0.717) is 5.69 Å². The number of rotatable bonds is 5. The van der Waals surface area contributed by atoms with Crippen LogP contribution in [0.4, 0.5) is 0 Å². The van der Waals surface area contributed by atoms with Crippen LogP contribution in [-0.4, -0.2) is 52.3 Å². The molecule has 0 unspecified atom stereocenters. The third-order valence-corrected chi connectivity index (χ3v) is 2.24. The van der Waals surface area contributed by atoms with E-state index in [4.69, 9.17) is 10.2 Å². The molecule has 1 heterocycles. The summed E-state index contributed by atoms with van der Waals surface area (Å²) in [4.78, 5) is 17.4. The van der Waals surface area contributed by atoms with Crippen LogP contribution in [-0.2, 0) is 0 Å². The number of carbonyl (C=O) groups is 1. The largest absolute Gasteiger partial charge is 0.395 e. The molecule has 1 amide bonds. The number of aliphatic hydroxyl groups excluding tert-OH is 2. The molecule has 0 fully saturated rings. The van der Waals surface area contributed by atoms with Crippen molar-refractivity contribution >= 4 is 5.91 Å². The minimum atomic E-state index is -0.263. The van der Waals surface area contributed by atoms with Crippen molar-refractivity contribution in [1.82, 2.24) is 9.88 Å². The molecule has 1 aromatic rings. The van der Waals surface area contributed by atoms with Crippen LogP contribution in [0.5, 0.6) is 0 Å². The van der Waals surface area contributed by atoms with Gasteiger partial charge in [-0.2, -0.15) is 0 Å². The molecule has 0 radical (unpaired) electrons. The van der Waals surface area contributed by atoms with Crippen molar-refractivity contribution in [3.63, 3.8) is 0 Å². The summed E-state index contributed by atoms with van der Waals surface area (Å²) in [6, 6.07) is 3.56. The Labute approximate surface area is 94.4 Å². The highest BCUT2D eigenvalue weighted by molar-refractivity contribution is 5.93. The maximum atomic E-state index is 12.0. The van der Waals surface area contributed by atoms with Crippen molar-refractivity contribution < 1.29 is 15.0 Å². The van der Waals surface area contributed by atoms with Gasteiger partial charge in [0.2, 0.25) is 0 Å². The van der Waals surface area contributed by atoms with Crippen molar-refractivity contribution in [1.29, 1.82) is 0 Å². The number of aryl methyl sites for hydroxylation is 1. The lowest BCUT2D eigenvalue weighted by molar-refractivity contribution is 0.0678. The van der Waals surface area contributed by atoms with Gasteiger partial charge < -0.3 is 15.1 Å². The lowest BCUT2D eigenvalue weighted by Crippen LogP contribution is -2.36. The fraction of sp³-hybridized carbons (Fsp3) is 0.455. The Kier molecular flexibility index (Phi) is 4.88. The Bertz CT molecular complexity index is 349. The number of hydrogen-bond acceptors (Lipinski definition) is 4. The lowest BCUT2D eigenvalue weighted by Gasteiger charge is -2.20.